The van der Waals surface area contributed by atoms with Gasteiger partial charge in [0.25, 0.3) is 11.8 Å². The third-order valence-corrected chi connectivity index (χ3v) is 4.66. The van der Waals surface area contributed by atoms with Crippen molar-refractivity contribution in [1.29, 1.82) is 0 Å². The topological polar surface area (TPSA) is 111 Å². The first-order valence-electron chi connectivity index (χ1n) is 8.97. The summed E-state index contributed by atoms with van der Waals surface area (Å²) < 4.78 is 0. The molecule has 3 aromatic rings. The zero-order valence-electron chi connectivity index (χ0n) is 16.3. The number of carbonyl (C=O) groups is 3. The van der Waals surface area contributed by atoms with Crippen molar-refractivity contribution < 1.29 is 14.4 Å². The molecule has 0 saturated heterocycles. The number of aromatic amines is 1. The van der Waals surface area contributed by atoms with E-state index in [4.69, 9.17) is 11.6 Å². The van der Waals surface area contributed by atoms with Gasteiger partial charge in [-0.2, -0.15) is 0 Å². The lowest BCUT2D eigenvalue weighted by atomic mass is 10.1. The van der Waals surface area contributed by atoms with Crippen LogP contribution in [-0.2, 0) is 4.79 Å². The molecule has 3 N–H and O–H groups in total. The maximum absolute atomic E-state index is 12.5. The number of nitrogens with zero attached hydrogens (tertiary/aromatic N) is 1. The molecule has 0 radical (unpaired) electrons. The second-order valence-electron chi connectivity index (χ2n) is 6.70. The molecule has 1 heterocycles. The number of anilines is 1. The van der Waals surface area contributed by atoms with Crippen LogP contribution in [0.5, 0.6) is 0 Å². The van der Waals surface area contributed by atoms with Gasteiger partial charge in [0.2, 0.25) is 11.3 Å². The number of fused-ring (bicyclic) bond motifs is 1. The van der Waals surface area contributed by atoms with Crippen LogP contribution in [0.25, 0.3) is 10.9 Å². The van der Waals surface area contributed by atoms with Crippen LogP contribution >= 0.6 is 11.6 Å². The molecule has 0 fully saturated rings. The molecule has 0 bridgehead atoms. The summed E-state index contributed by atoms with van der Waals surface area (Å²) in [6.07, 6.45) is 1.32. The summed E-state index contributed by atoms with van der Waals surface area (Å²) in [6, 6.07) is 11.3. The Bertz CT molecular complexity index is 1200. The maximum Gasteiger partial charge on any atom is 0.257 e. The van der Waals surface area contributed by atoms with Crippen molar-refractivity contribution in [2.75, 3.05) is 26.0 Å². The van der Waals surface area contributed by atoms with E-state index in [1.54, 1.807) is 44.4 Å². The van der Waals surface area contributed by atoms with Crippen LogP contribution in [0.4, 0.5) is 5.69 Å². The summed E-state index contributed by atoms with van der Waals surface area (Å²) in [5.74, 6) is -1.50. The molecule has 3 rings (SSSR count). The minimum absolute atomic E-state index is 0.0909. The van der Waals surface area contributed by atoms with Crippen molar-refractivity contribution >= 4 is 45.9 Å². The van der Waals surface area contributed by atoms with E-state index in [0.717, 1.165) is 0 Å². The molecule has 0 atom stereocenters. The lowest BCUT2D eigenvalue weighted by Crippen LogP contribution is -2.35. The molecule has 9 heteroatoms. The fraction of sp³-hybridized carbons (Fsp3) is 0.143. The Morgan fingerprint density at radius 3 is 2.53 bits per heavy atom. The van der Waals surface area contributed by atoms with Crippen molar-refractivity contribution in [2.45, 2.75) is 0 Å². The van der Waals surface area contributed by atoms with Crippen LogP contribution < -0.4 is 16.1 Å². The first-order valence-corrected chi connectivity index (χ1v) is 9.35. The molecule has 154 valence electrons. The van der Waals surface area contributed by atoms with Crippen molar-refractivity contribution in [3.05, 3.63) is 75.0 Å². The van der Waals surface area contributed by atoms with E-state index in [2.05, 4.69) is 15.6 Å². The molecule has 0 aliphatic carbocycles. The highest BCUT2D eigenvalue weighted by atomic mass is 35.5. The minimum Gasteiger partial charge on any atom is -0.360 e. The minimum atomic E-state index is -0.670. The predicted molar refractivity (Wildman–Crippen MR) is 115 cm³/mol. The van der Waals surface area contributed by atoms with E-state index in [1.165, 1.54) is 23.2 Å². The van der Waals surface area contributed by atoms with Gasteiger partial charge < -0.3 is 20.5 Å². The number of para-hydroxylation sites is 1. The third kappa shape index (κ3) is 4.49. The number of halogens is 1. The molecular weight excluding hydrogens is 408 g/mol. The smallest absolute Gasteiger partial charge is 0.257 e. The largest absolute Gasteiger partial charge is 0.360 e. The van der Waals surface area contributed by atoms with Gasteiger partial charge in [-0.3, -0.25) is 19.2 Å². The van der Waals surface area contributed by atoms with Gasteiger partial charge in [0.1, 0.15) is 5.56 Å². The molecule has 0 unspecified atom stereocenters. The van der Waals surface area contributed by atoms with Crippen LogP contribution in [0, 0.1) is 0 Å². The van der Waals surface area contributed by atoms with Gasteiger partial charge >= 0.3 is 0 Å². The quantitative estimate of drug-likeness (QED) is 0.581. The number of H-pyrrole nitrogens is 1. The summed E-state index contributed by atoms with van der Waals surface area (Å²) in [7, 11) is 3.18. The molecule has 0 saturated carbocycles. The van der Waals surface area contributed by atoms with E-state index >= 15 is 0 Å². The average molecular weight is 427 g/mol. The Morgan fingerprint density at radius 1 is 1.07 bits per heavy atom. The molecular formula is C21H19ClN4O4. The number of benzene rings is 2. The summed E-state index contributed by atoms with van der Waals surface area (Å²) in [5.41, 5.74) is 0.694. The van der Waals surface area contributed by atoms with E-state index in [1.807, 2.05) is 0 Å². The second-order valence-corrected chi connectivity index (χ2v) is 7.11. The SMILES string of the molecule is CN(C)C(=O)c1cc(NC(=O)CNC(=O)c2c[nH]c3ccccc3c2=O)ccc1Cl. The zero-order valence-corrected chi connectivity index (χ0v) is 17.0. The maximum atomic E-state index is 12.5. The van der Waals surface area contributed by atoms with Crippen LogP contribution in [0.1, 0.15) is 20.7 Å². The zero-order chi connectivity index (χ0) is 21.8. The Morgan fingerprint density at radius 2 is 1.80 bits per heavy atom. The van der Waals surface area contributed by atoms with E-state index in [9.17, 15) is 19.2 Å². The van der Waals surface area contributed by atoms with Crippen molar-refractivity contribution in [3.63, 3.8) is 0 Å². The van der Waals surface area contributed by atoms with Gasteiger partial charge in [0, 0.05) is 36.9 Å². The van der Waals surface area contributed by atoms with Gasteiger partial charge in [-0.15, -0.1) is 0 Å². The van der Waals surface area contributed by atoms with Crippen LogP contribution in [-0.4, -0.2) is 48.2 Å². The molecule has 30 heavy (non-hydrogen) atoms. The van der Waals surface area contributed by atoms with Crippen LogP contribution in [0.3, 0.4) is 0 Å². The number of pyridine rings is 1. The number of hydrogen-bond acceptors (Lipinski definition) is 4. The number of rotatable bonds is 5. The summed E-state index contributed by atoms with van der Waals surface area (Å²) in [5, 5.41) is 5.65. The Hall–Kier alpha value is -3.65. The fourth-order valence-electron chi connectivity index (χ4n) is 2.80. The van der Waals surface area contributed by atoms with Crippen molar-refractivity contribution in [2.24, 2.45) is 0 Å². The molecule has 0 aliphatic rings. The Labute approximate surface area is 176 Å². The summed E-state index contributed by atoms with van der Waals surface area (Å²) in [6.45, 7) is -0.356. The standard InChI is InChI=1S/C21H19ClN4O4/c1-26(2)21(30)14-9-12(7-8-16(14)22)25-18(27)11-24-20(29)15-10-23-17-6-4-3-5-13(17)19(15)28/h3-10H,11H2,1-2H3,(H,23,28)(H,24,29)(H,25,27). The predicted octanol–water partition coefficient (Wildman–Crippen LogP) is 2.25. The first kappa shape index (κ1) is 21.1. The van der Waals surface area contributed by atoms with Gasteiger partial charge in [-0.25, -0.2) is 0 Å². The number of carbonyl (C=O) groups excluding carboxylic acids is 3. The molecule has 3 amide bonds. The summed E-state index contributed by atoms with van der Waals surface area (Å²) >= 11 is 6.05. The number of nitrogens with one attached hydrogen (secondary N) is 3. The highest BCUT2D eigenvalue weighted by Crippen LogP contribution is 2.21. The van der Waals surface area contributed by atoms with Crippen molar-refractivity contribution in [3.8, 4) is 0 Å². The molecule has 8 nitrogen and oxygen atoms in total. The van der Waals surface area contributed by atoms with Crippen molar-refractivity contribution in [1.82, 2.24) is 15.2 Å². The Balaban J connectivity index is 1.67. The summed E-state index contributed by atoms with van der Waals surface area (Å²) in [4.78, 5) is 53.4. The van der Waals surface area contributed by atoms with Gasteiger partial charge in [0.05, 0.1) is 17.1 Å². The van der Waals surface area contributed by atoms with E-state index in [0.29, 0.717) is 16.6 Å². The lowest BCUT2D eigenvalue weighted by molar-refractivity contribution is -0.115. The van der Waals surface area contributed by atoms with Gasteiger partial charge in [0.15, 0.2) is 0 Å². The number of hydrogen-bond donors (Lipinski definition) is 3. The normalized spacial score (nSPS) is 10.5. The van der Waals surface area contributed by atoms with E-state index < -0.39 is 17.2 Å². The van der Waals surface area contributed by atoms with Gasteiger partial charge in [-0.05, 0) is 30.3 Å². The van der Waals surface area contributed by atoms with E-state index in [-0.39, 0.29) is 28.6 Å². The molecule has 0 aliphatic heterocycles. The highest BCUT2D eigenvalue weighted by molar-refractivity contribution is 6.34. The number of aromatic nitrogens is 1. The fourth-order valence-corrected chi connectivity index (χ4v) is 3.00. The third-order valence-electron chi connectivity index (χ3n) is 4.33. The second kappa shape index (κ2) is 8.79. The monoisotopic (exact) mass is 426 g/mol. The molecule has 1 aromatic heterocycles. The molecule has 0 spiro atoms. The Kier molecular flexibility index (Phi) is 6.17. The first-order chi connectivity index (χ1) is 14.3. The van der Waals surface area contributed by atoms with Gasteiger partial charge in [-0.1, -0.05) is 23.7 Å². The lowest BCUT2D eigenvalue weighted by Gasteiger charge is -2.13. The number of amides is 3. The van der Waals surface area contributed by atoms with Crippen LogP contribution in [0.15, 0.2) is 53.5 Å². The molecule has 2 aromatic carbocycles. The highest BCUT2D eigenvalue weighted by Gasteiger charge is 2.16. The van der Waals surface area contributed by atoms with Crippen LogP contribution in [0.2, 0.25) is 5.02 Å². The average Bonchev–Trinajstić information content (AvgIpc) is 2.73.